The summed E-state index contributed by atoms with van der Waals surface area (Å²) < 4.78 is 25.4. The van der Waals surface area contributed by atoms with E-state index in [1.54, 1.807) is 26.4 Å². The molecule has 2 nitrogen and oxygen atoms in total. The third-order valence-corrected chi connectivity index (χ3v) is 4.99. The second-order valence-corrected chi connectivity index (χ2v) is 6.38. The predicted molar refractivity (Wildman–Crippen MR) is 89.4 cm³/mol. The SMILES string of the molecule is COc1ccc(C(Br)c2cc(Cl)ccc2F)c(OC)c1Br. The van der Waals surface area contributed by atoms with Crippen LogP contribution in [0.1, 0.15) is 16.0 Å². The molecule has 0 aromatic heterocycles. The molecule has 112 valence electrons. The molecule has 0 bridgehead atoms. The van der Waals surface area contributed by atoms with Gasteiger partial charge in [-0.05, 0) is 40.2 Å². The zero-order valence-corrected chi connectivity index (χ0v) is 15.2. The summed E-state index contributed by atoms with van der Waals surface area (Å²) in [5, 5.41) is 0.474. The van der Waals surface area contributed by atoms with Crippen molar-refractivity contribution < 1.29 is 13.9 Å². The number of hydrogen-bond donors (Lipinski definition) is 0. The molecule has 2 aromatic rings. The second-order valence-electron chi connectivity index (χ2n) is 4.23. The van der Waals surface area contributed by atoms with Crippen LogP contribution in [0.5, 0.6) is 11.5 Å². The van der Waals surface area contributed by atoms with Crippen LogP contribution in [0.25, 0.3) is 0 Å². The molecule has 0 heterocycles. The van der Waals surface area contributed by atoms with Crippen molar-refractivity contribution in [1.82, 2.24) is 0 Å². The predicted octanol–water partition coefficient (Wildman–Crippen LogP) is 5.74. The Labute approximate surface area is 144 Å². The largest absolute Gasteiger partial charge is 0.495 e. The van der Waals surface area contributed by atoms with E-state index in [9.17, 15) is 4.39 Å². The van der Waals surface area contributed by atoms with Crippen LogP contribution in [-0.4, -0.2) is 14.2 Å². The summed E-state index contributed by atoms with van der Waals surface area (Å²) in [5.74, 6) is 0.882. The Balaban J connectivity index is 2.55. The summed E-state index contributed by atoms with van der Waals surface area (Å²) in [4.78, 5) is -0.395. The van der Waals surface area contributed by atoms with Crippen LogP contribution < -0.4 is 9.47 Å². The van der Waals surface area contributed by atoms with E-state index >= 15 is 0 Å². The fourth-order valence-corrected chi connectivity index (χ4v) is 3.57. The molecule has 0 aliphatic rings. The summed E-state index contributed by atoms with van der Waals surface area (Å²) in [7, 11) is 3.12. The Morgan fingerprint density at radius 2 is 1.81 bits per heavy atom. The van der Waals surface area contributed by atoms with E-state index in [1.165, 1.54) is 12.1 Å². The third kappa shape index (κ3) is 3.35. The van der Waals surface area contributed by atoms with Crippen LogP contribution in [-0.2, 0) is 0 Å². The van der Waals surface area contributed by atoms with Gasteiger partial charge in [0.25, 0.3) is 0 Å². The van der Waals surface area contributed by atoms with Gasteiger partial charge in [0.15, 0.2) is 0 Å². The Morgan fingerprint density at radius 1 is 1.10 bits per heavy atom. The first-order valence-corrected chi connectivity index (χ1v) is 8.07. The number of benzene rings is 2. The van der Waals surface area contributed by atoms with Crippen LogP contribution >= 0.6 is 43.5 Å². The minimum Gasteiger partial charge on any atom is -0.495 e. The highest BCUT2D eigenvalue weighted by Gasteiger charge is 2.22. The van der Waals surface area contributed by atoms with Crippen molar-refractivity contribution in [3.63, 3.8) is 0 Å². The molecule has 2 rings (SSSR count). The molecule has 0 aliphatic heterocycles. The highest BCUT2D eigenvalue weighted by Crippen LogP contribution is 2.44. The van der Waals surface area contributed by atoms with Crippen LogP contribution in [0.3, 0.4) is 0 Å². The summed E-state index contributed by atoms with van der Waals surface area (Å²) in [6.45, 7) is 0. The van der Waals surface area contributed by atoms with E-state index in [-0.39, 0.29) is 5.82 Å². The lowest BCUT2D eigenvalue weighted by molar-refractivity contribution is 0.386. The maximum atomic E-state index is 14.0. The first-order valence-electron chi connectivity index (χ1n) is 5.99. The molecule has 2 aromatic carbocycles. The minimum absolute atomic E-state index is 0.338. The summed E-state index contributed by atoms with van der Waals surface area (Å²) >= 11 is 12.9. The van der Waals surface area contributed by atoms with Crippen molar-refractivity contribution >= 4 is 43.5 Å². The molecule has 0 aliphatic carbocycles. The van der Waals surface area contributed by atoms with Gasteiger partial charge in [-0.15, -0.1) is 0 Å². The molecular formula is C15H12Br2ClFO2. The molecule has 0 amide bonds. The van der Waals surface area contributed by atoms with E-state index in [0.717, 1.165) is 5.56 Å². The van der Waals surface area contributed by atoms with Crippen molar-refractivity contribution in [3.8, 4) is 11.5 Å². The smallest absolute Gasteiger partial charge is 0.141 e. The van der Waals surface area contributed by atoms with E-state index in [2.05, 4.69) is 31.9 Å². The summed E-state index contributed by atoms with van der Waals surface area (Å²) in [6, 6.07) is 8.06. The van der Waals surface area contributed by atoms with Gasteiger partial charge >= 0.3 is 0 Å². The Morgan fingerprint density at radius 3 is 2.43 bits per heavy atom. The van der Waals surface area contributed by atoms with E-state index in [1.807, 2.05) is 6.07 Å². The standard InChI is InChI=1S/C15H12Br2ClFO2/c1-20-12-6-4-9(15(21-2)14(12)17)13(16)10-7-8(18)3-5-11(10)19/h3-7,13H,1-2H3. The zero-order chi connectivity index (χ0) is 15.6. The molecule has 6 heteroatoms. The van der Waals surface area contributed by atoms with Gasteiger partial charge in [-0.1, -0.05) is 33.6 Å². The van der Waals surface area contributed by atoms with Crippen LogP contribution in [0.15, 0.2) is 34.8 Å². The van der Waals surface area contributed by atoms with Gasteiger partial charge in [-0.2, -0.15) is 0 Å². The first-order chi connectivity index (χ1) is 9.99. The average Bonchev–Trinajstić information content (AvgIpc) is 2.48. The Kier molecular flexibility index (Phi) is 5.52. The van der Waals surface area contributed by atoms with E-state index in [4.69, 9.17) is 21.1 Å². The molecule has 1 atom stereocenters. The quantitative estimate of drug-likeness (QED) is 0.567. The molecule has 0 radical (unpaired) electrons. The number of hydrogen-bond acceptors (Lipinski definition) is 2. The highest BCUT2D eigenvalue weighted by atomic mass is 79.9. The maximum Gasteiger partial charge on any atom is 0.141 e. The van der Waals surface area contributed by atoms with Crippen molar-refractivity contribution in [2.45, 2.75) is 4.83 Å². The lowest BCUT2D eigenvalue weighted by Crippen LogP contribution is -2.01. The number of methoxy groups -OCH3 is 2. The van der Waals surface area contributed by atoms with Crippen LogP contribution in [0, 0.1) is 5.82 Å². The van der Waals surface area contributed by atoms with Crippen molar-refractivity contribution in [2.24, 2.45) is 0 Å². The number of ether oxygens (including phenoxy) is 2. The van der Waals surface area contributed by atoms with Crippen LogP contribution in [0.4, 0.5) is 4.39 Å². The van der Waals surface area contributed by atoms with Gasteiger partial charge in [-0.3, -0.25) is 0 Å². The van der Waals surface area contributed by atoms with Crippen LogP contribution in [0.2, 0.25) is 5.02 Å². The summed E-state index contributed by atoms with van der Waals surface area (Å²) in [6.07, 6.45) is 0. The van der Waals surface area contributed by atoms with Crippen molar-refractivity contribution in [2.75, 3.05) is 14.2 Å². The molecular weight excluding hydrogens is 426 g/mol. The average molecular weight is 439 g/mol. The van der Waals surface area contributed by atoms with Gasteiger partial charge in [0.2, 0.25) is 0 Å². The molecule has 21 heavy (non-hydrogen) atoms. The molecule has 0 saturated carbocycles. The van der Waals surface area contributed by atoms with Gasteiger partial charge in [0.05, 0.1) is 19.0 Å². The number of rotatable bonds is 4. The molecule has 0 N–H and O–H groups in total. The minimum atomic E-state index is -0.395. The number of alkyl halides is 1. The molecule has 0 saturated heterocycles. The Hall–Kier alpha value is -0.780. The molecule has 1 unspecified atom stereocenters. The first kappa shape index (κ1) is 16.6. The van der Waals surface area contributed by atoms with Gasteiger partial charge in [0, 0.05) is 16.1 Å². The lowest BCUT2D eigenvalue weighted by atomic mass is 10.0. The zero-order valence-electron chi connectivity index (χ0n) is 11.3. The maximum absolute atomic E-state index is 14.0. The lowest BCUT2D eigenvalue weighted by Gasteiger charge is -2.18. The summed E-state index contributed by atoms with van der Waals surface area (Å²) in [5.41, 5.74) is 1.21. The van der Waals surface area contributed by atoms with Gasteiger partial charge in [-0.25, -0.2) is 4.39 Å². The second kappa shape index (κ2) is 6.99. The fraction of sp³-hybridized carbons (Fsp3) is 0.200. The monoisotopic (exact) mass is 436 g/mol. The van der Waals surface area contributed by atoms with E-state index in [0.29, 0.717) is 26.6 Å². The van der Waals surface area contributed by atoms with E-state index < -0.39 is 4.83 Å². The Bertz CT molecular complexity index is 664. The molecule has 0 spiro atoms. The fourth-order valence-electron chi connectivity index (χ4n) is 1.99. The van der Waals surface area contributed by atoms with Gasteiger partial charge < -0.3 is 9.47 Å². The van der Waals surface area contributed by atoms with Crippen molar-refractivity contribution in [3.05, 3.63) is 56.8 Å². The third-order valence-electron chi connectivity index (χ3n) is 3.02. The molecule has 0 fully saturated rings. The topological polar surface area (TPSA) is 18.5 Å². The van der Waals surface area contributed by atoms with Crippen molar-refractivity contribution in [1.29, 1.82) is 0 Å². The number of halogens is 4. The van der Waals surface area contributed by atoms with Gasteiger partial charge in [0.1, 0.15) is 21.8 Å². The highest BCUT2D eigenvalue weighted by molar-refractivity contribution is 9.10. The normalized spacial score (nSPS) is 12.1.